The van der Waals surface area contributed by atoms with E-state index in [1.165, 1.54) is 36.0 Å². The largest absolute Gasteiger partial charge is 0.396 e. The molecule has 0 heterocycles. The number of carbonyl (C=O) groups is 1. The Morgan fingerprint density at radius 3 is 2.43 bits per heavy atom. The molecule has 0 aliphatic heterocycles. The number of hydrogen-bond acceptors (Lipinski definition) is 3. The molecule has 0 spiro atoms. The van der Waals surface area contributed by atoms with Gasteiger partial charge in [0.15, 0.2) is 0 Å². The van der Waals surface area contributed by atoms with Gasteiger partial charge in [0.05, 0.1) is 5.60 Å². The molecule has 0 unspecified atom stereocenters. The molecule has 1 aliphatic carbocycles. The van der Waals surface area contributed by atoms with Crippen molar-refractivity contribution in [2.24, 2.45) is 22.7 Å². The third-order valence-electron chi connectivity index (χ3n) is 9.52. The van der Waals surface area contributed by atoms with Crippen LogP contribution in [0.1, 0.15) is 126 Å². The Bertz CT molecular complexity index is 755. The van der Waals surface area contributed by atoms with Crippen molar-refractivity contribution in [1.29, 1.82) is 0 Å². The van der Waals surface area contributed by atoms with E-state index in [1.807, 2.05) is 13.8 Å². The van der Waals surface area contributed by atoms with Crippen LogP contribution in [0, 0.1) is 22.7 Å². The number of carbonyl (C=O) groups excluding carboxylic acids is 1. The molecule has 1 saturated carbocycles. The summed E-state index contributed by atoms with van der Waals surface area (Å²) in [6.07, 6.45) is 14.0. The molecule has 1 rings (SSSR count). The van der Waals surface area contributed by atoms with E-state index >= 15 is 0 Å². The van der Waals surface area contributed by atoms with E-state index < -0.39 is 5.60 Å². The molecule has 3 nitrogen and oxygen atoms in total. The average molecular weight is 489 g/mol. The summed E-state index contributed by atoms with van der Waals surface area (Å²) >= 11 is 0. The maximum Gasteiger partial charge on any atom is 0.145 e. The number of aliphatic hydroxyl groups is 2. The summed E-state index contributed by atoms with van der Waals surface area (Å²) in [4.78, 5) is 11.6. The summed E-state index contributed by atoms with van der Waals surface area (Å²) in [5.74, 6) is 0.809. The van der Waals surface area contributed by atoms with Crippen molar-refractivity contribution < 1.29 is 15.0 Å². The molecule has 0 aromatic carbocycles. The number of rotatable bonds is 15. The summed E-state index contributed by atoms with van der Waals surface area (Å²) in [6, 6.07) is 0. The van der Waals surface area contributed by atoms with Gasteiger partial charge in [-0.25, -0.2) is 0 Å². The van der Waals surface area contributed by atoms with Crippen LogP contribution in [-0.2, 0) is 4.79 Å². The highest BCUT2D eigenvalue weighted by atomic mass is 16.3. The molecule has 0 aromatic heterocycles. The first-order valence-corrected chi connectivity index (χ1v) is 14.0. The predicted octanol–water partition coefficient (Wildman–Crippen LogP) is 8.36. The lowest BCUT2D eigenvalue weighted by Gasteiger charge is -2.53. The second-order valence-electron chi connectivity index (χ2n) is 12.8. The van der Waals surface area contributed by atoms with Crippen LogP contribution in [-0.4, -0.2) is 28.7 Å². The Kier molecular flexibility index (Phi) is 12.7. The fraction of sp³-hybridized carbons (Fsp3) is 0.781. The first-order valence-electron chi connectivity index (χ1n) is 14.0. The SMILES string of the molecule is C=C(C)CC[C@H](C)C(C)(C)CCC/C(C)=C/CC[C@@]1(C)[C@H](CCCO)/C(=C(/C)C=O)CC[C@]1(C)O. The van der Waals surface area contributed by atoms with E-state index in [4.69, 9.17) is 0 Å². The fourth-order valence-corrected chi connectivity index (χ4v) is 6.02. The van der Waals surface area contributed by atoms with Crippen LogP contribution in [0.3, 0.4) is 0 Å². The van der Waals surface area contributed by atoms with Crippen molar-refractivity contribution in [3.8, 4) is 0 Å². The number of aliphatic hydroxyl groups excluding tert-OH is 1. The summed E-state index contributed by atoms with van der Waals surface area (Å²) in [5.41, 5.74) is 3.93. The van der Waals surface area contributed by atoms with E-state index in [2.05, 4.69) is 54.2 Å². The molecule has 1 fully saturated rings. The molecular formula is C32H56O3. The van der Waals surface area contributed by atoms with E-state index in [0.717, 1.165) is 50.4 Å². The quantitative estimate of drug-likeness (QED) is 0.138. The van der Waals surface area contributed by atoms with E-state index in [0.29, 0.717) is 24.2 Å². The molecule has 2 N–H and O–H groups in total. The van der Waals surface area contributed by atoms with Gasteiger partial charge in [0, 0.05) is 12.0 Å². The van der Waals surface area contributed by atoms with E-state index in [-0.39, 0.29) is 17.9 Å². The number of hydrogen-bond donors (Lipinski definition) is 2. The first-order chi connectivity index (χ1) is 16.2. The highest BCUT2D eigenvalue weighted by Crippen LogP contribution is 2.55. The molecule has 0 saturated heterocycles. The first kappa shape index (κ1) is 31.8. The second kappa shape index (κ2) is 13.9. The highest BCUT2D eigenvalue weighted by Gasteiger charge is 2.52. The van der Waals surface area contributed by atoms with Crippen molar-refractivity contribution >= 4 is 6.29 Å². The Morgan fingerprint density at radius 1 is 1.20 bits per heavy atom. The van der Waals surface area contributed by atoms with Crippen molar-refractivity contribution in [2.75, 3.05) is 6.61 Å². The van der Waals surface area contributed by atoms with Crippen molar-refractivity contribution in [1.82, 2.24) is 0 Å². The van der Waals surface area contributed by atoms with Crippen LogP contribution >= 0.6 is 0 Å². The highest BCUT2D eigenvalue weighted by molar-refractivity contribution is 5.74. The van der Waals surface area contributed by atoms with Gasteiger partial charge in [-0.05, 0) is 121 Å². The summed E-state index contributed by atoms with van der Waals surface area (Å²) in [6.45, 7) is 21.8. The molecule has 4 atom stereocenters. The molecule has 0 amide bonds. The molecule has 0 aromatic rings. The maximum atomic E-state index is 11.6. The van der Waals surface area contributed by atoms with Gasteiger partial charge in [-0.15, -0.1) is 6.58 Å². The minimum atomic E-state index is -0.786. The van der Waals surface area contributed by atoms with E-state index in [9.17, 15) is 15.0 Å². The second-order valence-corrected chi connectivity index (χ2v) is 12.8. The van der Waals surface area contributed by atoms with Gasteiger partial charge in [0.2, 0.25) is 0 Å². The van der Waals surface area contributed by atoms with Gasteiger partial charge in [0.25, 0.3) is 0 Å². The van der Waals surface area contributed by atoms with Crippen LogP contribution in [0.5, 0.6) is 0 Å². The smallest absolute Gasteiger partial charge is 0.145 e. The lowest BCUT2D eigenvalue weighted by molar-refractivity contribution is -0.115. The average Bonchev–Trinajstić information content (AvgIpc) is 2.77. The van der Waals surface area contributed by atoms with E-state index in [1.54, 1.807) is 0 Å². The molecule has 1 aliphatic rings. The lowest BCUT2D eigenvalue weighted by atomic mass is 9.54. The standard InChI is InChI=1S/C32H56O3/c1-24(2)16-17-27(5)30(6,7)19-10-13-25(3)14-11-20-31(8)29(15-12-22-33)28(26(4)23-34)18-21-32(31,9)35/h14,23,27,29,33,35H,1,10-13,15-22H2,2-9H3/b25-14+,28-26-/t27-,29+,31-,32-/m0/s1. The van der Waals surface area contributed by atoms with Crippen molar-refractivity contribution in [2.45, 2.75) is 132 Å². The summed E-state index contributed by atoms with van der Waals surface area (Å²) in [7, 11) is 0. The molecule has 0 bridgehead atoms. The minimum Gasteiger partial charge on any atom is -0.396 e. The minimum absolute atomic E-state index is 0.124. The predicted molar refractivity (Wildman–Crippen MR) is 150 cm³/mol. The van der Waals surface area contributed by atoms with Crippen LogP contribution in [0.4, 0.5) is 0 Å². The maximum absolute atomic E-state index is 11.6. The molecule has 3 heteroatoms. The Morgan fingerprint density at radius 2 is 1.86 bits per heavy atom. The van der Waals surface area contributed by atoms with Crippen LogP contribution in [0.2, 0.25) is 0 Å². The molecular weight excluding hydrogens is 432 g/mol. The Balaban J connectivity index is 2.82. The number of allylic oxidation sites excluding steroid dienone is 5. The third kappa shape index (κ3) is 9.01. The van der Waals surface area contributed by atoms with Crippen molar-refractivity contribution in [3.05, 3.63) is 34.9 Å². The van der Waals surface area contributed by atoms with Gasteiger partial charge < -0.3 is 10.2 Å². The molecule has 0 radical (unpaired) electrons. The van der Waals surface area contributed by atoms with Gasteiger partial charge in [-0.2, -0.15) is 0 Å². The zero-order valence-electron chi connectivity index (χ0n) is 24.3. The van der Waals surface area contributed by atoms with Gasteiger partial charge in [-0.3, -0.25) is 4.79 Å². The third-order valence-corrected chi connectivity index (χ3v) is 9.52. The lowest BCUT2D eigenvalue weighted by Crippen LogP contribution is -2.52. The van der Waals surface area contributed by atoms with Crippen LogP contribution < -0.4 is 0 Å². The summed E-state index contributed by atoms with van der Waals surface area (Å²) in [5, 5.41) is 21.0. The zero-order valence-corrected chi connectivity index (χ0v) is 24.3. The van der Waals surface area contributed by atoms with Gasteiger partial charge >= 0.3 is 0 Å². The van der Waals surface area contributed by atoms with Gasteiger partial charge in [0.1, 0.15) is 6.29 Å². The zero-order chi connectivity index (χ0) is 26.9. The van der Waals surface area contributed by atoms with Crippen molar-refractivity contribution in [3.63, 3.8) is 0 Å². The molecule has 202 valence electrons. The Hall–Kier alpha value is -1.19. The normalized spacial score (nSPS) is 28.1. The molecule has 35 heavy (non-hydrogen) atoms. The Labute approximate surface area is 217 Å². The van der Waals surface area contributed by atoms with Gasteiger partial charge in [-0.1, -0.05) is 50.5 Å². The van der Waals surface area contributed by atoms with Crippen LogP contribution in [0.15, 0.2) is 34.9 Å². The van der Waals surface area contributed by atoms with Crippen LogP contribution in [0.25, 0.3) is 0 Å². The summed E-state index contributed by atoms with van der Waals surface area (Å²) < 4.78 is 0. The monoisotopic (exact) mass is 488 g/mol. The number of aldehydes is 1. The fourth-order valence-electron chi connectivity index (χ4n) is 6.02. The topological polar surface area (TPSA) is 57.5 Å².